The predicted octanol–water partition coefficient (Wildman–Crippen LogP) is 3.36. The number of anilines is 1. The summed E-state index contributed by atoms with van der Waals surface area (Å²) in [6.07, 6.45) is 8.36. The second kappa shape index (κ2) is 7.26. The van der Waals surface area contributed by atoms with Gasteiger partial charge in [0.15, 0.2) is 0 Å². The molecule has 1 atom stereocenters. The van der Waals surface area contributed by atoms with Crippen molar-refractivity contribution in [3.05, 3.63) is 59.3 Å². The van der Waals surface area contributed by atoms with Gasteiger partial charge in [-0.15, -0.1) is 0 Å². The van der Waals surface area contributed by atoms with E-state index in [1.807, 2.05) is 12.1 Å². The fraction of sp³-hybridized carbons (Fsp3) is 0.429. The summed E-state index contributed by atoms with van der Waals surface area (Å²) in [5, 5.41) is 3.25. The summed E-state index contributed by atoms with van der Waals surface area (Å²) in [4.78, 5) is 19.5. The molecule has 1 aliphatic heterocycles. The summed E-state index contributed by atoms with van der Waals surface area (Å²) < 4.78 is 0. The van der Waals surface area contributed by atoms with Crippen molar-refractivity contribution in [1.29, 1.82) is 0 Å². The minimum Gasteiger partial charge on any atom is -0.357 e. The molecule has 4 nitrogen and oxygen atoms in total. The second-order valence-corrected chi connectivity index (χ2v) is 7.13. The van der Waals surface area contributed by atoms with Gasteiger partial charge in [0, 0.05) is 30.9 Å². The van der Waals surface area contributed by atoms with Crippen LogP contribution in [-0.4, -0.2) is 30.0 Å². The van der Waals surface area contributed by atoms with Crippen LogP contribution in [0.3, 0.4) is 0 Å². The highest BCUT2D eigenvalue weighted by Crippen LogP contribution is 2.22. The fourth-order valence-electron chi connectivity index (χ4n) is 3.98. The maximum atomic E-state index is 12.7. The number of nitrogens with one attached hydrogen (secondary N) is 1. The molecule has 4 rings (SSSR count). The Balaban J connectivity index is 1.46. The zero-order chi connectivity index (χ0) is 17.1. The van der Waals surface area contributed by atoms with E-state index >= 15 is 0 Å². The third-order valence-corrected chi connectivity index (χ3v) is 5.36. The third-order valence-electron chi connectivity index (χ3n) is 5.36. The summed E-state index contributed by atoms with van der Waals surface area (Å²) in [5.41, 5.74) is 3.52. The van der Waals surface area contributed by atoms with Gasteiger partial charge in [-0.05, 0) is 61.8 Å². The number of benzene rings is 1. The standard InChI is InChI=1S/C21H25N3O/c25-21(18-10-11-22-20(15-18)24-12-3-4-13-24)23-19-9-5-8-16-6-1-2-7-17(16)14-19/h1-2,6-7,10-11,15,19H,3-5,8-9,12-14H2,(H,23,25). The molecule has 1 saturated heterocycles. The molecule has 0 radical (unpaired) electrons. The van der Waals surface area contributed by atoms with Gasteiger partial charge in [0.1, 0.15) is 5.82 Å². The lowest BCUT2D eigenvalue weighted by atomic mass is 10.0. The lowest BCUT2D eigenvalue weighted by Gasteiger charge is -2.19. The van der Waals surface area contributed by atoms with E-state index in [0.29, 0.717) is 0 Å². The first kappa shape index (κ1) is 16.1. The molecule has 0 bridgehead atoms. The van der Waals surface area contributed by atoms with E-state index < -0.39 is 0 Å². The van der Waals surface area contributed by atoms with Gasteiger partial charge in [0.05, 0.1) is 0 Å². The van der Waals surface area contributed by atoms with Crippen molar-refractivity contribution in [1.82, 2.24) is 10.3 Å². The average molecular weight is 335 g/mol. The van der Waals surface area contributed by atoms with Crippen molar-refractivity contribution in [2.24, 2.45) is 0 Å². The first-order valence-corrected chi connectivity index (χ1v) is 9.38. The summed E-state index contributed by atoms with van der Waals surface area (Å²) >= 11 is 0. The number of aryl methyl sites for hydroxylation is 1. The minimum atomic E-state index is 0.0206. The van der Waals surface area contributed by atoms with Gasteiger partial charge in [-0.1, -0.05) is 24.3 Å². The predicted molar refractivity (Wildman–Crippen MR) is 100 cm³/mol. The number of fused-ring (bicyclic) bond motifs is 1. The molecule has 0 saturated carbocycles. The van der Waals surface area contributed by atoms with E-state index in [2.05, 4.69) is 39.5 Å². The summed E-state index contributed by atoms with van der Waals surface area (Å²) in [6, 6.07) is 12.6. The van der Waals surface area contributed by atoms with Crippen LogP contribution in [0.15, 0.2) is 42.6 Å². The molecule has 0 spiro atoms. The topological polar surface area (TPSA) is 45.2 Å². The van der Waals surface area contributed by atoms with Crippen LogP contribution in [0.25, 0.3) is 0 Å². The summed E-state index contributed by atoms with van der Waals surface area (Å²) in [5.74, 6) is 0.948. The highest BCUT2D eigenvalue weighted by Gasteiger charge is 2.20. The fourth-order valence-corrected chi connectivity index (χ4v) is 3.98. The number of hydrogen-bond donors (Lipinski definition) is 1. The monoisotopic (exact) mass is 335 g/mol. The Bertz CT molecular complexity index is 752. The quantitative estimate of drug-likeness (QED) is 0.875. The van der Waals surface area contributed by atoms with E-state index in [-0.39, 0.29) is 11.9 Å². The van der Waals surface area contributed by atoms with E-state index in [4.69, 9.17) is 0 Å². The first-order chi connectivity index (χ1) is 12.3. The maximum absolute atomic E-state index is 12.7. The van der Waals surface area contributed by atoms with E-state index in [1.165, 1.54) is 24.0 Å². The van der Waals surface area contributed by atoms with Gasteiger partial charge >= 0.3 is 0 Å². The van der Waals surface area contributed by atoms with Crippen LogP contribution in [0, 0.1) is 0 Å². The molecular weight excluding hydrogens is 310 g/mol. The molecule has 1 amide bonds. The molecular formula is C21H25N3O. The van der Waals surface area contributed by atoms with Gasteiger partial charge in [0.25, 0.3) is 5.91 Å². The summed E-state index contributed by atoms with van der Waals surface area (Å²) in [7, 11) is 0. The number of hydrogen-bond acceptors (Lipinski definition) is 3. The molecule has 1 unspecified atom stereocenters. The van der Waals surface area contributed by atoms with Gasteiger partial charge in [-0.25, -0.2) is 4.98 Å². The Labute approximate surface area is 149 Å². The Morgan fingerprint density at radius 1 is 1.08 bits per heavy atom. The number of rotatable bonds is 3. The van der Waals surface area contributed by atoms with Crippen LogP contribution in [-0.2, 0) is 12.8 Å². The van der Waals surface area contributed by atoms with Crippen LogP contribution >= 0.6 is 0 Å². The Morgan fingerprint density at radius 3 is 2.72 bits per heavy atom. The molecule has 1 aromatic carbocycles. The molecule has 25 heavy (non-hydrogen) atoms. The van der Waals surface area contributed by atoms with E-state index in [9.17, 15) is 4.79 Å². The van der Waals surface area contributed by atoms with Gasteiger partial charge in [-0.3, -0.25) is 4.79 Å². The molecule has 2 aromatic rings. The third kappa shape index (κ3) is 3.68. The number of amides is 1. The molecule has 4 heteroatoms. The smallest absolute Gasteiger partial charge is 0.251 e. The van der Waals surface area contributed by atoms with Crippen LogP contribution in [0.5, 0.6) is 0 Å². The largest absolute Gasteiger partial charge is 0.357 e. The van der Waals surface area contributed by atoms with Crippen LogP contribution in [0.1, 0.15) is 47.2 Å². The number of carbonyl (C=O) groups is 1. The number of aromatic nitrogens is 1. The van der Waals surface area contributed by atoms with Gasteiger partial charge < -0.3 is 10.2 Å². The molecule has 1 aliphatic carbocycles. The minimum absolute atomic E-state index is 0.0206. The number of pyridine rings is 1. The normalized spacial score (nSPS) is 20.0. The maximum Gasteiger partial charge on any atom is 0.251 e. The van der Waals surface area contributed by atoms with E-state index in [1.54, 1.807) is 6.20 Å². The van der Waals surface area contributed by atoms with E-state index in [0.717, 1.165) is 50.2 Å². The zero-order valence-electron chi connectivity index (χ0n) is 14.6. The highest BCUT2D eigenvalue weighted by molar-refractivity contribution is 5.95. The lowest BCUT2D eigenvalue weighted by molar-refractivity contribution is 0.0935. The highest BCUT2D eigenvalue weighted by atomic mass is 16.1. The SMILES string of the molecule is O=C(NC1CCCc2ccccc2C1)c1ccnc(N2CCCC2)c1. The van der Waals surface area contributed by atoms with Crippen molar-refractivity contribution in [2.75, 3.05) is 18.0 Å². The van der Waals surface area contributed by atoms with Gasteiger partial charge in [-0.2, -0.15) is 0 Å². The van der Waals surface area contributed by atoms with Crippen molar-refractivity contribution < 1.29 is 4.79 Å². The van der Waals surface area contributed by atoms with Gasteiger partial charge in [0.2, 0.25) is 0 Å². The molecule has 2 heterocycles. The summed E-state index contributed by atoms with van der Waals surface area (Å²) in [6.45, 7) is 2.08. The molecule has 130 valence electrons. The van der Waals surface area contributed by atoms with Crippen molar-refractivity contribution in [2.45, 2.75) is 44.6 Å². The van der Waals surface area contributed by atoms with Crippen LogP contribution in [0.2, 0.25) is 0 Å². The number of carbonyl (C=O) groups excluding carboxylic acids is 1. The molecule has 2 aliphatic rings. The second-order valence-electron chi connectivity index (χ2n) is 7.13. The Morgan fingerprint density at radius 2 is 1.88 bits per heavy atom. The van der Waals surface area contributed by atoms with Crippen molar-refractivity contribution in [3.63, 3.8) is 0 Å². The zero-order valence-corrected chi connectivity index (χ0v) is 14.6. The lowest BCUT2D eigenvalue weighted by Crippen LogP contribution is -2.36. The first-order valence-electron chi connectivity index (χ1n) is 9.38. The van der Waals surface area contributed by atoms with Crippen molar-refractivity contribution >= 4 is 11.7 Å². The molecule has 1 N–H and O–H groups in total. The van der Waals surface area contributed by atoms with Crippen LogP contribution < -0.4 is 10.2 Å². The Kier molecular flexibility index (Phi) is 4.68. The average Bonchev–Trinajstić information content (AvgIpc) is 3.10. The van der Waals surface area contributed by atoms with Crippen LogP contribution in [0.4, 0.5) is 5.82 Å². The molecule has 1 aromatic heterocycles. The molecule has 1 fully saturated rings. The van der Waals surface area contributed by atoms with Crippen molar-refractivity contribution in [3.8, 4) is 0 Å². The number of nitrogens with zero attached hydrogens (tertiary/aromatic N) is 2. The Hall–Kier alpha value is -2.36.